The molecule has 0 amide bonds. The van der Waals surface area contributed by atoms with Gasteiger partial charge in [-0.1, -0.05) is 29.1 Å². The molecule has 0 saturated heterocycles. The zero-order chi connectivity index (χ0) is 16.9. The highest BCUT2D eigenvalue weighted by Crippen LogP contribution is 2.22. The Kier molecular flexibility index (Phi) is 4.99. The second kappa shape index (κ2) is 7.35. The summed E-state index contributed by atoms with van der Waals surface area (Å²) in [6, 6.07) is 6.15. The van der Waals surface area contributed by atoms with Crippen LogP contribution < -0.4 is 0 Å². The number of benzene rings is 1. The Morgan fingerprint density at radius 2 is 2.08 bits per heavy atom. The molecule has 0 spiro atoms. The number of thioether (sulfide) groups is 1. The molecule has 0 unspecified atom stereocenters. The molecule has 0 aliphatic rings. The molecule has 0 aliphatic heterocycles. The number of hydrogen-bond donors (Lipinski definition) is 0. The normalized spacial score (nSPS) is 10.9. The number of rotatable bonds is 6. The van der Waals surface area contributed by atoms with E-state index >= 15 is 0 Å². The van der Waals surface area contributed by atoms with Crippen LogP contribution in [0.4, 0.5) is 4.39 Å². The molecule has 24 heavy (non-hydrogen) atoms. The van der Waals surface area contributed by atoms with Crippen molar-refractivity contribution in [2.24, 2.45) is 0 Å². The average Bonchev–Trinajstić information content (AvgIpc) is 2.99. The van der Waals surface area contributed by atoms with Crippen molar-refractivity contribution in [2.75, 3.05) is 12.4 Å². The summed E-state index contributed by atoms with van der Waals surface area (Å²) in [4.78, 5) is 19.8. The van der Waals surface area contributed by atoms with E-state index in [0.29, 0.717) is 29.3 Å². The van der Waals surface area contributed by atoms with Gasteiger partial charge in [0.05, 0.1) is 18.9 Å². The maximum absolute atomic E-state index is 13.0. The predicted octanol–water partition coefficient (Wildman–Crippen LogP) is 2.06. The molecule has 0 fully saturated rings. The van der Waals surface area contributed by atoms with Crippen LogP contribution in [0.2, 0.25) is 0 Å². The molecule has 2 aromatic heterocycles. The number of carbonyl (C=O) groups excluding carboxylic acids is 1. The lowest BCUT2D eigenvalue weighted by Gasteiger charge is -2.03. The molecule has 7 nitrogen and oxygen atoms in total. The topological polar surface area (TPSA) is 82.8 Å². The smallest absolute Gasteiger partial charge is 0.316 e. The van der Waals surface area contributed by atoms with Gasteiger partial charge in [-0.05, 0) is 24.6 Å². The minimum absolute atomic E-state index is 0.144. The standard InChI is InChI=1S/C15H14FN5O2S/c1-2-23-12(22)8-24-15-13-14(17-9-18-15)21(20-19-13)7-10-3-5-11(16)6-4-10/h3-6,9H,2,7-8H2,1H3. The van der Waals surface area contributed by atoms with Gasteiger partial charge in [0.25, 0.3) is 0 Å². The van der Waals surface area contributed by atoms with Crippen molar-refractivity contribution in [3.8, 4) is 0 Å². The summed E-state index contributed by atoms with van der Waals surface area (Å²) in [6.07, 6.45) is 1.40. The van der Waals surface area contributed by atoms with Gasteiger partial charge in [0, 0.05) is 0 Å². The maximum Gasteiger partial charge on any atom is 0.316 e. The lowest BCUT2D eigenvalue weighted by atomic mass is 10.2. The molecule has 0 N–H and O–H groups in total. The summed E-state index contributed by atoms with van der Waals surface area (Å²) in [5.74, 6) is -0.458. The van der Waals surface area contributed by atoms with Crippen LogP contribution in [0.15, 0.2) is 35.6 Å². The van der Waals surface area contributed by atoms with E-state index in [-0.39, 0.29) is 17.5 Å². The first-order valence-electron chi connectivity index (χ1n) is 7.24. The Bertz CT molecular complexity index is 853. The Balaban J connectivity index is 1.80. The van der Waals surface area contributed by atoms with E-state index in [2.05, 4.69) is 20.3 Å². The summed E-state index contributed by atoms with van der Waals surface area (Å²) < 4.78 is 19.5. The molecule has 1 aromatic carbocycles. The van der Waals surface area contributed by atoms with Crippen LogP contribution in [0.5, 0.6) is 0 Å². The Morgan fingerprint density at radius 1 is 1.29 bits per heavy atom. The first-order chi connectivity index (χ1) is 11.7. The van der Waals surface area contributed by atoms with Crippen LogP contribution in [0, 0.1) is 5.82 Å². The maximum atomic E-state index is 13.0. The molecule has 0 atom stereocenters. The molecule has 3 aromatic rings. The summed E-state index contributed by atoms with van der Waals surface area (Å²) in [5.41, 5.74) is 1.96. The van der Waals surface area contributed by atoms with Crippen LogP contribution in [0.1, 0.15) is 12.5 Å². The second-order valence-corrected chi connectivity index (χ2v) is 5.78. The predicted molar refractivity (Wildman–Crippen MR) is 86.0 cm³/mol. The fourth-order valence-corrected chi connectivity index (χ4v) is 2.80. The van der Waals surface area contributed by atoms with Gasteiger partial charge in [-0.3, -0.25) is 4.79 Å². The van der Waals surface area contributed by atoms with Crippen molar-refractivity contribution in [1.82, 2.24) is 25.0 Å². The van der Waals surface area contributed by atoms with Gasteiger partial charge in [0.1, 0.15) is 17.2 Å². The molecule has 9 heteroatoms. The highest BCUT2D eigenvalue weighted by Gasteiger charge is 2.14. The molecule has 0 aliphatic carbocycles. The molecule has 0 radical (unpaired) electrons. The Hall–Kier alpha value is -2.55. The van der Waals surface area contributed by atoms with Crippen molar-refractivity contribution in [1.29, 1.82) is 0 Å². The van der Waals surface area contributed by atoms with Gasteiger partial charge < -0.3 is 4.74 Å². The van der Waals surface area contributed by atoms with Crippen LogP contribution in [0.25, 0.3) is 11.2 Å². The van der Waals surface area contributed by atoms with Crippen LogP contribution in [0.3, 0.4) is 0 Å². The molecular formula is C15H14FN5O2S. The number of aromatic nitrogens is 5. The third-order valence-electron chi connectivity index (χ3n) is 3.14. The van der Waals surface area contributed by atoms with E-state index in [1.165, 1.54) is 30.2 Å². The largest absolute Gasteiger partial charge is 0.465 e. The quantitative estimate of drug-likeness (QED) is 0.383. The highest BCUT2D eigenvalue weighted by atomic mass is 32.2. The number of halogens is 1. The van der Waals surface area contributed by atoms with E-state index in [9.17, 15) is 9.18 Å². The molecular weight excluding hydrogens is 333 g/mol. The summed E-state index contributed by atoms with van der Waals surface area (Å²) in [5, 5.41) is 8.74. The van der Waals surface area contributed by atoms with E-state index in [0.717, 1.165) is 5.56 Å². The zero-order valence-corrected chi connectivity index (χ0v) is 13.7. The average molecular weight is 347 g/mol. The van der Waals surface area contributed by atoms with Gasteiger partial charge in [0.15, 0.2) is 11.2 Å². The lowest BCUT2D eigenvalue weighted by Crippen LogP contribution is -2.07. The zero-order valence-electron chi connectivity index (χ0n) is 12.8. The molecule has 124 valence electrons. The van der Waals surface area contributed by atoms with Crippen molar-refractivity contribution >= 4 is 28.9 Å². The minimum atomic E-state index is -0.312. The van der Waals surface area contributed by atoms with Gasteiger partial charge in [-0.2, -0.15) is 0 Å². The molecule has 2 heterocycles. The number of nitrogens with zero attached hydrogens (tertiary/aromatic N) is 5. The Morgan fingerprint density at radius 3 is 2.83 bits per heavy atom. The van der Waals surface area contributed by atoms with E-state index in [1.807, 2.05) is 0 Å². The van der Waals surface area contributed by atoms with Crippen molar-refractivity contribution in [3.05, 3.63) is 42.0 Å². The monoisotopic (exact) mass is 347 g/mol. The molecule has 0 saturated carbocycles. The van der Waals surface area contributed by atoms with Gasteiger partial charge in [-0.15, -0.1) is 5.10 Å². The summed E-state index contributed by atoms with van der Waals surface area (Å²) >= 11 is 1.23. The summed E-state index contributed by atoms with van der Waals surface area (Å²) in [7, 11) is 0. The third kappa shape index (κ3) is 3.67. The fourth-order valence-electron chi connectivity index (χ4n) is 2.08. The van der Waals surface area contributed by atoms with E-state index < -0.39 is 0 Å². The van der Waals surface area contributed by atoms with Gasteiger partial charge in [0.2, 0.25) is 0 Å². The number of esters is 1. The number of ether oxygens (including phenoxy) is 1. The van der Waals surface area contributed by atoms with E-state index in [4.69, 9.17) is 4.74 Å². The fraction of sp³-hybridized carbons (Fsp3) is 0.267. The van der Waals surface area contributed by atoms with Crippen molar-refractivity contribution < 1.29 is 13.9 Å². The number of carbonyl (C=O) groups is 1. The molecule has 0 bridgehead atoms. The summed E-state index contributed by atoms with van der Waals surface area (Å²) in [6.45, 7) is 2.51. The SMILES string of the molecule is CCOC(=O)CSc1ncnc2c1nnn2Cc1ccc(F)cc1. The van der Waals surface area contributed by atoms with Crippen LogP contribution >= 0.6 is 11.8 Å². The number of hydrogen-bond acceptors (Lipinski definition) is 7. The van der Waals surface area contributed by atoms with Crippen molar-refractivity contribution in [3.63, 3.8) is 0 Å². The highest BCUT2D eigenvalue weighted by molar-refractivity contribution is 8.00. The minimum Gasteiger partial charge on any atom is -0.465 e. The first kappa shape index (κ1) is 16.3. The van der Waals surface area contributed by atoms with Crippen molar-refractivity contribution in [2.45, 2.75) is 18.5 Å². The van der Waals surface area contributed by atoms with Gasteiger partial charge >= 0.3 is 5.97 Å². The van der Waals surface area contributed by atoms with Crippen LogP contribution in [-0.2, 0) is 16.1 Å². The third-order valence-corrected chi connectivity index (χ3v) is 4.10. The number of fused-ring (bicyclic) bond motifs is 1. The Labute approximate surface area is 141 Å². The van der Waals surface area contributed by atoms with Gasteiger partial charge in [-0.25, -0.2) is 19.0 Å². The van der Waals surface area contributed by atoms with E-state index in [1.54, 1.807) is 23.7 Å². The lowest BCUT2D eigenvalue weighted by molar-refractivity contribution is -0.139. The first-order valence-corrected chi connectivity index (χ1v) is 8.23. The second-order valence-electron chi connectivity index (χ2n) is 4.82. The van der Waals surface area contributed by atoms with Crippen LogP contribution in [-0.4, -0.2) is 43.3 Å². The molecule has 3 rings (SSSR count).